The monoisotopic (exact) mass is 290 g/mol. The van der Waals surface area contributed by atoms with Crippen molar-refractivity contribution in [1.82, 2.24) is 4.98 Å². The molecule has 1 unspecified atom stereocenters. The summed E-state index contributed by atoms with van der Waals surface area (Å²) in [4.78, 5) is 6.39. The molecular weight excluding hydrogens is 272 g/mol. The molecule has 0 bridgehead atoms. The van der Waals surface area contributed by atoms with Crippen LogP contribution in [0.2, 0.25) is 5.02 Å². The van der Waals surface area contributed by atoms with Gasteiger partial charge in [0.15, 0.2) is 0 Å². The molecule has 1 heterocycles. The first-order valence-electron chi connectivity index (χ1n) is 6.70. The van der Waals surface area contributed by atoms with Gasteiger partial charge in [-0.25, -0.2) is 0 Å². The molecule has 1 atom stereocenters. The van der Waals surface area contributed by atoms with Crippen LogP contribution in [-0.4, -0.2) is 17.1 Å². The van der Waals surface area contributed by atoms with Gasteiger partial charge in [0, 0.05) is 18.6 Å². The van der Waals surface area contributed by atoms with E-state index in [4.69, 9.17) is 11.6 Å². The number of aliphatic hydroxyl groups excluding tert-OH is 1. The van der Waals surface area contributed by atoms with Crippen LogP contribution < -0.4 is 4.90 Å². The number of rotatable bonds is 5. The van der Waals surface area contributed by atoms with E-state index in [2.05, 4.69) is 9.88 Å². The average molecular weight is 291 g/mol. The Bertz CT molecular complexity index is 557. The largest absolute Gasteiger partial charge is 0.387 e. The molecule has 0 radical (unpaired) electrons. The van der Waals surface area contributed by atoms with E-state index in [1.807, 2.05) is 50.4 Å². The molecule has 1 N–H and O–H groups in total. The zero-order valence-electron chi connectivity index (χ0n) is 11.8. The molecule has 0 aliphatic rings. The van der Waals surface area contributed by atoms with Crippen molar-refractivity contribution >= 4 is 17.3 Å². The highest BCUT2D eigenvalue weighted by Gasteiger charge is 2.08. The molecule has 1 aromatic carbocycles. The smallest absolute Gasteiger partial charge is 0.0957 e. The maximum atomic E-state index is 9.74. The molecule has 20 heavy (non-hydrogen) atoms. The van der Waals surface area contributed by atoms with Gasteiger partial charge in [-0.15, -0.1) is 0 Å². The number of halogens is 1. The van der Waals surface area contributed by atoms with Gasteiger partial charge in [-0.2, -0.15) is 0 Å². The van der Waals surface area contributed by atoms with Crippen LogP contribution in [0.3, 0.4) is 0 Å². The Morgan fingerprint density at radius 3 is 2.60 bits per heavy atom. The lowest BCUT2D eigenvalue weighted by Gasteiger charge is -2.20. The SMILES string of the molecule is CCC(O)c1ccc(N(C)Cc2ccccc2Cl)cn1. The molecule has 2 rings (SSSR count). The minimum atomic E-state index is -0.488. The van der Waals surface area contributed by atoms with Gasteiger partial charge in [-0.05, 0) is 30.2 Å². The predicted octanol–water partition coefficient (Wildman–Crippen LogP) is 3.81. The first-order valence-corrected chi connectivity index (χ1v) is 7.08. The maximum absolute atomic E-state index is 9.74. The highest BCUT2D eigenvalue weighted by molar-refractivity contribution is 6.31. The van der Waals surface area contributed by atoms with E-state index in [1.54, 1.807) is 6.20 Å². The van der Waals surface area contributed by atoms with E-state index in [0.29, 0.717) is 12.1 Å². The van der Waals surface area contributed by atoms with Crippen molar-refractivity contribution in [2.24, 2.45) is 0 Å². The first-order chi connectivity index (χ1) is 9.61. The molecule has 106 valence electrons. The third-order valence-corrected chi connectivity index (χ3v) is 3.67. The molecule has 4 heteroatoms. The topological polar surface area (TPSA) is 36.4 Å². The Kier molecular flexibility index (Phi) is 4.99. The van der Waals surface area contributed by atoms with Crippen LogP contribution in [0.4, 0.5) is 5.69 Å². The number of anilines is 1. The minimum Gasteiger partial charge on any atom is -0.387 e. The molecule has 0 spiro atoms. The number of pyridine rings is 1. The Balaban J connectivity index is 2.10. The van der Waals surface area contributed by atoms with Gasteiger partial charge in [0.2, 0.25) is 0 Å². The summed E-state index contributed by atoms with van der Waals surface area (Å²) in [5, 5.41) is 10.5. The standard InChI is InChI=1S/C16H19ClN2O/c1-3-16(20)15-9-8-13(10-18-15)19(2)11-12-6-4-5-7-14(12)17/h4-10,16,20H,3,11H2,1-2H3. The van der Waals surface area contributed by atoms with Crippen molar-refractivity contribution in [3.8, 4) is 0 Å². The predicted molar refractivity (Wildman–Crippen MR) is 83.0 cm³/mol. The lowest BCUT2D eigenvalue weighted by molar-refractivity contribution is 0.169. The molecule has 0 saturated heterocycles. The van der Waals surface area contributed by atoms with Crippen molar-refractivity contribution in [1.29, 1.82) is 0 Å². The Hall–Kier alpha value is -1.58. The van der Waals surface area contributed by atoms with E-state index >= 15 is 0 Å². The van der Waals surface area contributed by atoms with Crippen LogP contribution in [0.25, 0.3) is 0 Å². The highest BCUT2D eigenvalue weighted by Crippen LogP contribution is 2.21. The van der Waals surface area contributed by atoms with E-state index in [1.165, 1.54) is 0 Å². The summed E-state index contributed by atoms with van der Waals surface area (Å²) in [5.41, 5.74) is 2.79. The lowest BCUT2D eigenvalue weighted by atomic mass is 10.1. The lowest BCUT2D eigenvalue weighted by Crippen LogP contribution is -2.17. The number of benzene rings is 1. The van der Waals surface area contributed by atoms with Crippen LogP contribution in [0.15, 0.2) is 42.6 Å². The summed E-state index contributed by atoms with van der Waals surface area (Å²) in [6.07, 6.45) is 1.96. The molecule has 0 saturated carbocycles. The molecule has 0 fully saturated rings. The van der Waals surface area contributed by atoms with Crippen molar-refractivity contribution in [3.63, 3.8) is 0 Å². The molecule has 0 aliphatic carbocycles. The van der Waals surface area contributed by atoms with Crippen LogP contribution in [0.1, 0.15) is 30.7 Å². The van der Waals surface area contributed by atoms with Crippen LogP contribution in [-0.2, 0) is 6.54 Å². The number of hydrogen-bond acceptors (Lipinski definition) is 3. The quantitative estimate of drug-likeness (QED) is 0.909. The molecule has 0 amide bonds. The third kappa shape index (κ3) is 3.50. The van der Waals surface area contributed by atoms with Crippen molar-refractivity contribution in [3.05, 3.63) is 58.9 Å². The van der Waals surface area contributed by atoms with E-state index in [-0.39, 0.29) is 0 Å². The van der Waals surface area contributed by atoms with Crippen molar-refractivity contribution in [2.75, 3.05) is 11.9 Å². The highest BCUT2D eigenvalue weighted by atomic mass is 35.5. The first kappa shape index (κ1) is 14.8. The second-order valence-electron chi connectivity index (χ2n) is 4.81. The fraction of sp³-hybridized carbons (Fsp3) is 0.312. The van der Waals surface area contributed by atoms with E-state index in [0.717, 1.165) is 22.8 Å². The average Bonchev–Trinajstić information content (AvgIpc) is 2.49. The Labute approximate surface area is 124 Å². The van der Waals surface area contributed by atoms with Gasteiger partial charge < -0.3 is 10.0 Å². The summed E-state index contributed by atoms with van der Waals surface area (Å²) in [6, 6.07) is 11.7. The molecule has 2 aromatic rings. The van der Waals surface area contributed by atoms with Gasteiger partial charge >= 0.3 is 0 Å². The Morgan fingerprint density at radius 2 is 2.00 bits per heavy atom. The maximum Gasteiger partial charge on any atom is 0.0957 e. The number of aromatic nitrogens is 1. The Morgan fingerprint density at radius 1 is 1.25 bits per heavy atom. The van der Waals surface area contributed by atoms with Gasteiger partial charge in [-0.3, -0.25) is 4.98 Å². The van der Waals surface area contributed by atoms with Gasteiger partial charge in [-0.1, -0.05) is 36.7 Å². The van der Waals surface area contributed by atoms with Gasteiger partial charge in [0.05, 0.1) is 23.7 Å². The van der Waals surface area contributed by atoms with E-state index < -0.39 is 6.10 Å². The van der Waals surface area contributed by atoms with Gasteiger partial charge in [0.1, 0.15) is 0 Å². The van der Waals surface area contributed by atoms with Crippen LogP contribution in [0, 0.1) is 0 Å². The van der Waals surface area contributed by atoms with Gasteiger partial charge in [0.25, 0.3) is 0 Å². The molecule has 1 aromatic heterocycles. The zero-order chi connectivity index (χ0) is 14.5. The van der Waals surface area contributed by atoms with Crippen molar-refractivity contribution in [2.45, 2.75) is 26.0 Å². The summed E-state index contributed by atoms with van der Waals surface area (Å²) < 4.78 is 0. The zero-order valence-corrected chi connectivity index (χ0v) is 12.5. The minimum absolute atomic E-state index is 0.488. The number of hydrogen-bond donors (Lipinski definition) is 1. The normalized spacial score (nSPS) is 12.2. The summed E-state index contributed by atoms with van der Waals surface area (Å²) in [5.74, 6) is 0. The third-order valence-electron chi connectivity index (χ3n) is 3.30. The number of aliphatic hydroxyl groups is 1. The van der Waals surface area contributed by atoms with Crippen LogP contribution >= 0.6 is 11.6 Å². The van der Waals surface area contributed by atoms with Crippen LogP contribution in [0.5, 0.6) is 0 Å². The second-order valence-corrected chi connectivity index (χ2v) is 5.22. The second kappa shape index (κ2) is 6.73. The summed E-state index contributed by atoms with van der Waals surface area (Å²) in [7, 11) is 2.00. The number of nitrogens with zero attached hydrogens (tertiary/aromatic N) is 2. The van der Waals surface area contributed by atoms with Crippen molar-refractivity contribution < 1.29 is 5.11 Å². The molecule has 3 nitrogen and oxygen atoms in total. The van der Waals surface area contributed by atoms with E-state index in [9.17, 15) is 5.11 Å². The molecule has 0 aliphatic heterocycles. The summed E-state index contributed by atoms with van der Waals surface area (Å²) in [6.45, 7) is 2.65. The fourth-order valence-electron chi connectivity index (χ4n) is 2.00. The molecular formula is C16H19ClN2O. The summed E-state index contributed by atoms with van der Waals surface area (Å²) >= 11 is 6.17. The fourth-order valence-corrected chi connectivity index (χ4v) is 2.20.